The first-order chi connectivity index (χ1) is 18.1. The van der Waals surface area contributed by atoms with Gasteiger partial charge < -0.3 is 4.74 Å². The third-order valence-electron chi connectivity index (χ3n) is 6.03. The number of benzene rings is 3. The van der Waals surface area contributed by atoms with Crippen molar-refractivity contribution < 1.29 is 4.74 Å². The van der Waals surface area contributed by atoms with Gasteiger partial charge in [-0.2, -0.15) is 14.6 Å². The largest absolute Gasteiger partial charge is 0.494 e. The first-order valence-corrected chi connectivity index (χ1v) is 12.8. The van der Waals surface area contributed by atoms with Crippen molar-refractivity contribution in [3.8, 4) is 34.1 Å². The Morgan fingerprint density at radius 2 is 1.73 bits per heavy atom. The second kappa shape index (κ2) is 9.48. The monoisotopic (exact) mass is 505 g/mol. The van der Waals surface area contributed by atoms with Gasteiger partial charge in [0.15, 0.2) is 5.82 Å². The van der Waals surface area contributed by atoms with Gasteiger partial charge in [-0.1, -0.05) is 59.9 Å². The molecule has 0 unspecified atom stereocenters. The lowest BCUT2D eigenvalue weighted by molar-refractivity contribution is 0.340. The summed E-state index contributed by atoms with van der Waals surface area (Å²) < 4.78 is 9.44. The van der Waals surface area contributed by atoms with Crippen molar-refractivity contribution in [1.29, 1.82) is 0 Å². The van der Waals surface area contributed by atoms with Gasteiger partial charge in [-0.15, -0.1) is 5.10 Å². The van der Waals surface area contributed by atoms with Gasteiger partial charge in [-0.25, -0.2) is 4.68 Å². The molecule has 0 amide bonds. The molecule has 0 saturated carbocycles. The van der Waals surface area contributed by atoms with Crippen LogP contribution in [-0.4, -0.2) is 31.0 Å². The third-order valence-corrected chi connectivity index (χ3v) is 6.99. The molecule has 3 aromatic heterocycles. The summed E-state index contributed by atoms with van der Waals surface area (Å²) >= 11 is 1.32. The second-order valence-electron chi connectivity index (χ2n) is 8.53. The molecular weight excluding hydrogens is 482 g/mol. The maximum Gasteiger partial charge on any atom is 0.291 e. The van der Waals surface area contributed by atoms with Crippen molar-refractivity contribution in [2.45, 2.75) is 13.8 Å². The van der Waals surface area contributed by atoms with Crippen molar-refractivity contribution >= 4 is 22.4 Å². The molecule has 0 saturated heterocycles. The number of ether oxygens (including phenoxy) is 1. The Balaban J connectivity index is 1.49. The molecule has 8 heteroatoms. The van der Waals surface area contributed by atoms with Crippen LogP contribution in [0.1, 0.15) is 18.1 Å². The Bertz CT molecular complexity index is 1820. The Hall–Kier alpha value is -4.56. The zero-order valence-electron chi connectivity index (χ0n) is 20.3. The summed E-state index contributed by atoms with van der Waals surface area (Å²) in [7, 11) is 0. The molecule has 3 aromatic carbocycles. The number of hydrogen-bond donors (Lipinski definition) is 0. The average Bonchev–Trinajstić information content (AvgIpc) is 3.61. The van der Waals surface area contributed by atoms with E-state index in [1.165, 1.54) is 15.9 Å². The lowest BCUT2D eigenvalue weighted by atomic mass is 10.0. The van der Waals surface area contributed by atoms with Crippen LogP contribution < -0.4 is 14.8 Å². The molecular formula is C29H23N5O2S. The molecule has 0 aliphatic carbocycles. The van der Waals surface area contributed by atoms with Gasteiger partial charge in [-0.05, 0) is 55.8 Å². The van der Waals surface area contributed by atoms with Crippen LogP contribution in [0.3, 0.4) is 0 Å². The van der Waals surface area contributed by atoms with Crippen molar-refractivity contribution in [3.63, 3.8) is 0 Å². The number of hydrogen-bond acceptors (Lipinski definition) is 6. The highest BCUT2D eigenvalue weighted by molar-refractivity contribution is 7.15. The molecule has 6 aromatic rings. The molecule has 6 rings (SSSR count). The quantitative estimate of drug-likeness (QED) is 0.321. The van der Waals surface area contributed by atoms with Crippen LogP contribution >= 0.6 is 11.3 Å². The second-order valence-corrected chi connectivity index (χ2v) is 9.54. The number of fused-ring (bicyclic) bond motifs is 1. The number of aryl methyl sites for hydroxylation is 1. The first kappa shape index (κ1) is 22.9. The molecule has 37 heavy (non-hydrogen) atoms. The molecule has 0 radical (unpaired) electrons. The van der Waals surface area contributed by atoms with E-state index in [1.807, 2.05) is 110 Å². The zero-order chi connectivity index (χ0) is 25.4. The highest BCUT2D eigenvalue weighted by Gasteiger charge is 2.16. The summed E-state index contributed by atoms with van der Waals surface area (Å²) in [4.78, 5) is 18.4. The summed E-state index contributed by atoms with van der Waals surface area (Å²) in [6.45, 7) is 4.61. The fourth-order valence-corrected chi connectivity index (χ4v) is 5.16. The summed E-state index contributed by atoms with van der Waals surface area (Å²) in [5.41, 5.74) is 5.24. The lowest BCUT2D eigenvalue weighted by Crippen LogP contribution is -2.23. The molecule has 0 spiro atoms. The average molecular weight is 506 g/mol. The van der Waals surface area contributed by atoms with Gasteiger partial charge in [-0.3, -0.25) is 4.79 Å². The highest BCUT2D eigenvalue weighted by Crippen LogP contribution is 2.30. The van der Waals surface area contributed by atoms with Gasteiger partial charge in [0.25, 0.3) is 5.56 Å². The number of aromatic nitrogens is 5. The number of para-hydroxylation sites is 1. The van der Waals surface area contributed by atoms with Crippen molar-refractivity contribution in [1.82, 2.24) is 24.4 Å². The molecule has 182 valence electrons. The molecule has 0 aliphatic rings. The molecule has 7 nitrogen and oxygen atoms in total. The smallest absolute Gasteiger partial charge is 0.291 e. The molecule has 0 N–H and O–H groups in total. The molecule has 0 fully saturated rings. The molecule has 0 atom stereocenters. The maximum absolute atomic E-state index is 13.3. The fourth-order valence-electron chi connectivity index (χ4n) is 4.26. The molecule has 0 bridgehead atoms. The van der Waals surface area contributed by atoms with E-state index < -0.39 is 0 Å². The van der Waals surface area contributed by atoms with Crippen LogP contribution in [0, 0.1) is 6.92 Å². The van der Waals surface area contributed by atoms with Crippen LogP contribution in [-0.2, 0) is 0 Å². The van der Waals surface area contributed by atoms with Crippen molar-refractivity contribution in [2.75, 3.05) is 6.61 Å². The number of nitrogens with zero attached hydrogens (tertiary/aromatic N) is 5. The van der Waals surface area contributed by atoms with Crippen LogP contribution in [0.25, 0.3) is 39.4 Å². The molecule has 0 aliphatic heterocycles. The van der Waals surface area contributed by atoms with Crippen LogP contribution in [0.2, 0.25) is 0 Å². The zero-order valence-corrected chi connectivity index (χ0v) is 21.1. The van der Waals surface area contributed by atoms with Crippen LogP contribution in [0.4, 0.5) is 0 Å². The van der Waals surface area contributed by atoms with E-state index in [-0.39, 0.29) is 5.56 Å². The van der Waals surface area contributed by atoms with Crippen molar-refractivity contribution in [3.05, 3.63) is 111 Å². The summed E-state index contributed by atoms with van der Waals surface area (Å²) in [5.74, 6) is 1.36. The predicted molar refractivity (Wildman–Crippen MR) is 146 cm³/mol. The summed E-state index contributed by atoms with van der Waals surface area (Å²) in [5, 5.41) is 9.39. The normalized spacial score (nSPS) is 11.9. The van der Waals surface area contributed by atoms with E-state index in [4.69, 9.17) is 9.84 Å². The van der Waals surface area contributed by atoms with E-state index in [9.17, 15) is 4.79 Å². The predicted octanol–water partition coefficient (Wildman–Crippen LogP) is 4.93. The highest BCUT2D eigenvalue weighted by atomic mass is 32.1. The molecule has 3 heterocycles. The minimum Gasteiger partial charge on any atom is -0.494 e. The van der Waals surface area contributed by atoms with Crippen molar-refractivity contribution in [2.24, 2.45) is 0 Å². The lowest BCUT2D eigenvalue weighted by Gasteiger charge is -2.08. The van der Waals surface area contributed by atoms with Crippen LogP contribution in [0.15, 0.2) is 89.9 Å². The van der Waals surface area contributed by atoms with E-state index in [1.54, 1.807) is 0 Å². The van der Waals surface area contributed by atoms with E-state index in [2.05, 4.69) is 10.1 Å². The Kier molecular flexibility index (Phi) is 5.86. The first-order valence-electron chi connectivity index (χ1n) is 12.0. The van der Waals surface area contributed by atoms with Gasteiger partial charge in [0.2, 0.25) is 4.96 Å². The van der Waals surface area contributed by atoms with Gasteiger partial charge in [0.05, 0.1) is 16.8 Å². The van der Waals surface area contributed by atoms with Gasteiger partial charge in [0.1, 0.15) is 11.4 Å². The van der Waals surface area contributed by atoms with Gasteiger partial charge in [0, 0.05) is 22.9 Å². The number of rotatable bonds is 6. The summed E-state index contributed by atoms with van der Waals surface area (Å²) in [6.07, 6.45) is 3.83. The Morgan fingerprint density at radius 3 is 2.43 bits per heavy atom. The van der Waals surface area contributed by atoms with E-state index >= 15 is 0 Å². The third kappa shape index (κ3) is 4.32. The maximum atomic E-state index is 13.3. The topological polar surface area (TPSA) is 74.3 Å². The fraction of sp³-hybridized carbons (Fsp3) is 0.103. The van der Waals surface area contributed by atoms with E-state index in [0.717, 1.165) is 39.4 Å². The van der Waals surface area contributed by atoms with Gasteiger partial charge >= 0.3 is 0 Å². The van der Waals surface area contributed by atoms with E-state index in [0.29, 0.717) is 21.9 Å². The van der Waals surface area contributed by atoms with Crippen LogP contribution in [0.5, 0.6) is 5.75 Å². The SMILES string of the molecule is CCOc1ccc(-c2nn(-c3ccccc3)cc2C=c2sc3nc(-c4ccccc4)nn3c2=O)c(C)c1. The minimum atomic E-state index is -0.198. The Labute approximate surface area is 216 Å². The Morgan fingerprint density at radius 1 is 0.973 bits per heavy atom. The standard InChI is InChI=1S/C29H23N5O2S/c1-3-36-23-14-15-24(19(2)16-23)26-21(18-33(31-26)22-12-8-5-9-13-22)17-25-28(35)34-29(37-25)30-27(32-34)20-10-6-4-7-11-20/h4-18H,3H2,1-2H3. The number of thiazole rings is 1. The summed E-state index contributed by atoms with van der Waals surface area (Å²) in [6, 6.07) is 25.5. The minimum absolute atomic E-state index is 0.198.